The fraction of sp³-hybridized carbons (Fsp3) is 0.364. The molecular formula is C11H15N3O. The minimum absolute atomic E-state index is 0.0505. The Bertz CT molecular complexity index is 524. The molecule has 0 amide bonds. The van der Waals surface area contributed by atoms with Gasteiger partial charge in [0.25, 0.3) is 5.56 Å². The molecule has 2 heterocycles. The Labute approximate surface area is 87.9 Å². The Hall–Kier alpha value is -1.55. The molecule has 0 bridgehead atoms. The van der Waals surface area contributed by atoms with Crippen LogP contribution in [0.3, 0.4) is 0 Å². The summed E-state index contributed by atoms with van der Waals surface area (Å²) < 4.78 is 3.57. The predicted molar refractivity (Wildman–Crippen MR) is 60.0 cm³/mol. The Morgan fingerprint density at radius 2 is 2.27 bits per heavy atom. The maximum Gasteiger partial charge on any atom is 0.274 e. The zero-order valence-electron chi connectivity index (χ0n) is 8.81. The topological polar surface area (TPSA) is 52.4 Å². The first-order chi connectivity index (χ1) is 7.24. The van der Waals surface area contributed by atoms with Crippen LogP contribution in [0, 0.1) is 0 Å². The van der Waals surface area contributed by atoms with E-state index in [2.05, 4.69) is 0 Å². The van der Waals surface area contributed by atoms with Crippen LogP contribution in [0.15, 0.2) is 29.3 Å². The Morgan fingerprint density at radius 1 is 1.47 bits per heavy atom. The van der Waals surface area contributed by atoms with Crippen LogP contribution in [-0.4, -0.2) is 15.5 Å². The normalized spacial score (nSPS) is 11.1. The van der Waals surface area contributed by atoms with Gasteiger partial charge >= 0.3 is 0 Å². The average molecular weight is 205 g/mol. The highest BCUT2D eigenvalue weighted by Crippen LogP contribution is 2.04. The largest absolute Gasteiger partial charge is 0.330 e. The fourth-order valence-corrected chi connectivity index (χ4v) is 1.75. The van der Waals surface area contributed by atoms with E-state index < -0.39 is 0 Å². The van der Waals surface area contributed by atoms with Crippen molar-refractivity contribution in [1.82, 2.24) is 8.97 Å². The van der Waals surface area contributed by atoms with Gasteiger partial charge in [-0.2, -0.15) is 0 Å². The van der Waals surface area contributed by atoms with Crippen molar-refractivity contribution in [2.75, 3.05) is 6.54 Å². The molecule has 0 aliphatic rings. The molecule has 4 nitrogen and oxygen atoms in total. The zero-order chi connectivity index (χ0) is 10.8. The van der Waals surface area contributed by atoms with Crippen molar-refractivity contribution >= 4 is 5.52 Å². The van der Waals surface area contributed by atoms with Crippen LogP contribution in [0.4, 0.5) is 0 Å². The molecule has 0 unspecified atom stereocenters. The number of aromatic nitrogens is 2. The van der Waals surface area contributed by atoms with E-state index in [0.717, 1.165) is 18.5 Å². The standard InChI is InChI=1S/C11H15N3O/c1-13-9(4-2-6-12)8-14-7-3-5-10(14)11(13)15/h3,5,7-8H,2,4,6,12H2,1H3. The second-order valence-electron chi connectivity index (χ2n) is 3.68. The van der Waals surface area contributed by atoms with Gasteiger partial charge in [-0.15, -0.1) is 0 Å². The summed E-state index contributed by atoms with van der Waals surface area (Å²) in [4.78, 5) is 11.9. The van der Waals surface area contributed by atoms with E-state index in [1.54, 1.807) is 11.6 Å². The van der Waals surface area contributed by atoms with Crippen molar-refractivity contribution in [3.8, 4) is 0 Å². The van der Waals surface area contributed by atoms with E-state index in [0.29, 0.717) is 12.1 Å². The Kier molecular flexibility index (Phi) is 2.60. The zero-order valence-corrected chi connectivity index (χ0v) is 8.81. The third-order valence-corrected chi connectivity index (χ3v) is 2.66. The van der Waals surface area contributed by atoms with Crippen molar-refractivity contribution in [1.29, 1.82) is 0 Å². The summed E-state index contributed by atoms with van der Waals surface area (Å²) in [5.74, 6) is 0. The third kappa shape index (κ3) is 1.68. The van der Waals surface area contributed by atoms with Gasteiger partial charge < -0.3 is 14.7 Å². The molecule has 0 aliphatic carbocycles. The van der Waals surface area contributed by atoms with E-state index in [4.69, 9.17) is 5.73 Å². The van der Waals surface area contributed by atoms with Gasteiger partial charge in [0.2, 0.25) is 0 Å². The molecule has 0 atom stereocenters. The van der Waals surface area contributed by atoms with Crippen LogP contribution in [0.5, 0.6) is 0 Å². The van der Waals surface area contributed by atoms with E-state index >= 15 is 0 Å². The van der Waals surface area contributed by atoms with Crippen molar-refractivity contribution in [3.63, 3.8) is 0 Å². The lowest BCUT2D eigenvalue weighted by Gasteiger charge is -2.08. The smallest absolute Gasteiger partial charge is 0.274 e. The lowest BCUT2D eigenvalue weighted by Crippen LogP contribution is -2.22. The molecule has 15 heavy (non-hydrogen) atoms. The van der Waals surface area contributed by atoms with Crippen molar-refractivity contribution < 1.29 is 0 Å². The molecule has 0 fully saturated rings. The number of nitrogens with zero attached hydrogens (tertiary/aromatic N) is 2. The summed E-state index contributed by atoms with van der Waals surface area (Å²) >= 11 is 0. The van der Waals surface area contributed by atoms with Crippen molar-refractivity contribution in [3.05, 3.63) is 40.6 Å². The predicted octanol–water partition coefficient (Wildman–Crippen LogP) is 0.529. The highest BCUT2D eigenvalue weighted by Gasteiger charge is 2.04. The number of rotatable bonds is 3. The first kappa shape index (κ1) is 9.98. The number of hydrogen-bond donors (Lipinski definition) is 1. The molecule has 2 aromatic rings. The highest BCUT2D eigenvalue weighted by molar-refractivity contribution is 5.45. The summed E-state index contributed by atoms with van der Waals surface area (Å²) in [7, 11) is 1.81. The van der Waals surface area contributed by atoms with Gasteiger partial charge in [-0.05, 0) is 31.5 Å². The van der Waals surface area contributed by atoms with E-state index in [9.17, 15) is 4.79 Å². The molecule has 0 saturated carbocycles. The first-order valence-electron chi connectivity index (χ1n) is 5.09. The van der Waals surface area contributed by atoms with Crippen LogP contribution in [0.25, 0.3) is 5.52 Å². The third-order valence-electron chi connectivity index (χ3n) is 2.66. The van der Waals surface area contributed by atoms with Gasteiger partial charge in [-0.1, -0.05) is 0 Å². The molecule has 4 heteroatoms. The molecule has 80 valence electrons. The number of hydrogen-bond acceptors (Lipinski definition) is 2. The highest BCUT2D eigenvalue weighted by atomic mass is 16.1. The molecule has 0 radical (unpaired) electrons. The summed E-state index contributed by atoms with van der Waals surface area (Å²) in [6.45, 7) is 0.651. The lowest BCUT2D eigenvalue weighted by molar-refractivity contribution is 0.715. The molecule has 0 aromatic carbocycles. The maximum absolute atomic E-state index is 11.9. The summed E-state index contributed by atoms with van der Waals surface area (Å²) in [5.41, 5.74) is 7.25. The van der Waals surface area contributed by atoms with E-state index in [-0.39, 0.29) is 5.56 Å². The first-order valence-corrected chi connectivity index (χ1v) is 5.09. The van der Waals surface area contributed by atoms with Gasteiger partial charge in [0.15, 0.2) is 0 Å². The van der Waals surface area contributed by atoms with Crippen LogP contribution in [0.1, 0.15) is 12.1 Å². The van der Waals surface area contributed by atoms with Crippen LogP contribution in [0.2, 0.25) is 0 Å². The molecule has 0 spiro atoms. The molecule has 2 N–H and O–H groups in total. The molecule has 2 rings (SSSR count). The summed E-state index contributed by atoms with van der Waals surface area (Å²) in [6.07, 6.45) is 5.63. The van der Waals surface area contributed by atoms with Crippen molar-refractivity contribution in [2.24, 2.45) is 12.8 Å². The molecule has 0 aliphatic heterocycles. The Balaban J connectivity index is 2.55. The number of aryl methyl sites for hydroxylation is 1. The average Bonchev–Trinajstić information content (AvgIpc) is 2.69. The number of nitrogens with two attached hydrogens (primary N) is 1. The van der Waals surface area contributed by atoms with Gasteiger partial charge in [0.1, 0.15) is 5.52 Å². The van der Waals surface area contributed by atoms with Crippen LogP contribution >= 0.6 is 0 Å². The monoisotopic (exact) mass is 205 g/mol. The van der Waals surface area contributed by atoms with Gasteiger partial charge in [0.05, 0.1) is 0 Å². The molecular weight excluding hydrogens is 190 g/mol. The molecule has 2 aromatic heterocycles. The van der Waals surface area contributed by atoms with Gasteiger partial charge in [0, 0.05) is 25.1 Å². The van der Waals surface area contributed by atoms with E-state index in [1.165, 1.54) is 0 Å². The van der Waals surface area contributed by atoms with Crippen LogP contribution < -0.4 is 11.3 Å². The summed E-state index contributed by atoms with van der Waals surface area (Å²) in [6, 6.07) is 3.71. The van der Waals surface area contributed by atoms with Gasteiger partial charge in [-0.25, -0.2) is 0 Å². The van der Waals surface area contributed by atoms with Crippen molar-refractivity contribution in [2.45, 2.75) is 12.8 Å². The van der Waals surface area contributed by atoms with Crippen LogP contribution in [-0.2, 0) is 13.5 Å². The number of fused-ring (bicyclic) bond motifs is 1. The lowest BCUT2D eigenvalue weighted by atomic mass is 10.2. The summed E-state index contributed by atoms with van der Waals surface area (Å²) in [5, 5.41) is 0. The second-order valence-corrected chi connectivity index (χ2v) is 3.68. The fourth-order valence-electron chi connectivity index (χ4n) is 1.75. The quantitative estimate of drug-likeness (QED) is 0.794. The minimum atomic E-state index is 0.0505. The minimum Gasteiger partial charge on any atom is -0.330 e. The maximum atomic E-state index is 11.9. The Morgan fingerprint density at radius 3 is 3.00 bits per heavy atom. The van der Waals surface area contributed by atoms with E-state index in [1.807, 2.05) is 28.9 Å². The molecule has 0 saturated heterocycles. The second kappa shape index (κ2) is 3.90. The van der Waals surface area contributed by atoms with Gasteiger partial charge in [-0.3, -0.25) is 4.79 Å². The SMILES string of the molecule is Cn1c(CCCN)cn2cccc2c1=O.